The van der Waals surface area contributed by atoms with Gasteiger partial charge in [0.05, 0.1) is 18.5 Å². The van der Waals surface area contributed by atoms with Gasteiger partial charge in [0.15, 0.2) is 11.4 Å². The Morgan fingerprint density at radius 2 is 2.04 bits per heavy atom. The molecule has 1 N–H and O–H groups in total. The Kier molecular flexibility index (Phi) is 6.68. The molecule has 1 atom stereocenters. The number of carboxylic acids is 1. The van der Waals surface area contributed by atoms with E-state index in [0.29, 0.717) is 31.0 Å². The average molecular weight is 385 g/mol. The van der Waals surface area contributed by atoms with Gasteiger partial charge in [-0.3, -0.25) is 9.59 Å². The van der Waals surface area contributed by atoms with Crippen LogP contribution in [0.5, 0.6) is 5.75 Å². The Labute approximate surface area is 164 Å². The largest absolute Gasteiger partial charge is 0.489 e. The van der Waals surface area contributed by atoms with E-state index in [0.717, 1.165) is 31.4 Å². The van der Waals surface area contributed by atoms with Crippen LogP contribution in [0, 0.1) is 0 Å². The van der Waals surface area contributed by atoms with Crippen molar-refractivity contribution in [1.82, 2.24) is 14.7 Å². The normalized spacial score (nSPS) is 16.8. The van der Waals surface area contributed by atoms with Gasteiger partial charge in [0.2, 0.25) is 0 Å². The van der Waals surface area contributed by atoms with Crippen LogP contribution < -0.4 is 4.74 Å². The number of carboxylic acid groups (broad SMARTS) is 1. The van der Waals surface area contributed by atoms with E-state index >= 15 is 0 Å². The lowest BCUT2D eigenvalue weighted by molar-refractivity contribution is -0.137. The average Bonchev–Trinajstić information content (AvgIpc) is 3.15. The SMILES string of the molecule is CCCOc1cn(-c2ccccc2)nc1C(=O)N1CCCCC1CCC(=O)O. The molecule has 150 valence electrons. The monoisotopic (exact) mass is 385 g/mol. The zero-order chi connectivity index (χ0) is 19.9. The molecule has 2 heterocycles. The van der Waals surface area contributed by atoms with Gasteiger partial charge >= 0.3 is 5.97 Å². The molecular formula is C21H27N3O4. The highest BCUT2D eigenvalue weighted by molar-refractivity contribution is 5.95. The maximum atomic E-state index is 13.3. The number of piperidine rings is 1. The first-order valence-corrected chi connectivity index (χ1v) is 9.90. The number of hydrogen-bond acceptors (Lipinski definition) is 4. The van der Waals surface area contributed by atoms with Crippen molar-refractivity contribution in [3.05, 3.63) is 42.2 Å². The fraction of sp³-hybridized carbons (Fsp3) is 0.476. The molecule has 1 aliphatic heterocycles. The van der Waals surface area contributed by atoms with Gasteiger partial charge in [-0.05, 0) is 44.2 Å². The number of carbonyl (C=O) groups excluding carboxylic acids is 1. The van der Waals surface area contributed by atoms with E-state index in [9.17, 15) is 9.59 Å². The second-order valence-corrected chi connectivity index (χ2v) is 7.05. The zero-order valence-corrected chi connectivity index (χ0v) is 16.2. The highest BCUT2D eigenvalue weighted by Gasteiger charge is 2.31. The van der Waals surface area contributed by atoms with Crippen molar-refractivity contribution in [1.29, 1.82) is 0 Å². The molecule has 1 aliphatic rings. The zero-order valence-electron chi connectivity index (χ0n) is 16.2. The van der Waals surface area contributed by atoms with Crippen LogP contribution in [0.4, 0.5) is 0 Å². The lowest BCUT2D eigenvalue weighted by Gasteiger charge is -2.35. The summed E-state index contributed by atoms with van der Waals surface area (Å²) in [5.41, 5.74) is 1.14. The van der Waals surface area contributed by atoms with Crippen molar-refractivity contribution in [3.8, 4) is 11.4 Å². The maximum absolute atomic E-state index is 13.3. The summed E-state index contributed by atoms with van der Waals surface area (Å²) < 4.78 is 7.47. The predicted molar refractivity (Wildman–Crippen MR) is 105 cm³/mol. The first-order valence-electron chi connectivity index (χ1n) is 9.90. The quantitative estimate of drug-likeness (QED) is 0.751. The molecule has 1 aromatic carbocycles. The molecule has 1 fully saturated rings. The summed E-state index contributed by atoms with van der Waals surface area (Å²) >= 11 is 0. The number of carbonyl (C=O) groups is 2. The Hall–Kier alpha value is -2.83. The number of rotatable bonds is 8. The van der Waals surface area contributed by atoms with Crippen molar-refractivity contribution in [2.45, 2.75) is 51.5 Å². The first-order chi connectivity index (χ1) is 13.6. The summed E-state index contributed by atoms with van der Waals surface area (Å²) in [5.74, 6) is -0.549. The molecule has 0 radical (unpaired) electrons. The van der Waals surface area contributed by atoms with Gasteiger partial charge in [-0.25, -0.2) is 4.68 Å². The van der Waals surface area contributed by atoms with Crippen LogP contribution in [0.15, 0.2) is 36.5 Å². The highest BCUT2D eigenvalue weighted by atomic mass is 16.5. The second-order valence-electron chi connectivity index (χ2n) is 7.05. The fourth-order valence-electron chi connectivity index (χ4n) is 3.53. The molecular weight excluding hydrogens is 358 g/mol. The second kappa shape index (κ2) is 9.39. The number of benzene rings is 1. The maximum Gasteiger partial charge on any atom is 0.303 e. The van der Waals surface area contributed by atoms with Crippen molar-refractivity contribution in [3.63, 3.8) is 0 Å². The third kappa shape index (κ3) is 4.71. The van der Waals surface area contributed by atoms with Gasteiger partial charge in [-0.15, -0.1) is 0 Å². The van der Waals surface area contributed by atoms with Crippen LogP contribution in [0.25, 0.3) is 5.69 Å². The number of para-hydroxylation sites is 1. The van der Waals surface area contributed by atoms with Crippen LogP contribution in [0.3, 0.4) is 0 Å². The van der Waals surface area contributed by atoms with Crippen molar-refractivity contribution in [2.24, 2.45) is 0 Å². The standard InChI is InChI=1S/C21H27N3O4/c1-2-14-28-18-15-24(17-9-4-3-5-10-17)22-20(18)21(27)23-13-7-6-8-16(23)11-12-19(25)26/h3-5,9-10,15-16H,2,6-8,11-14H2,1H3,(H,25,26). The van der Waals surface area contributed by atoms with Crippen LogP contribution >= 0.6 is 0 Å². The molecule has 3 rings (SSSR count). The summed E-state index contributed by atoms with van der Waals surface area (Å²) in [5, 5.41) is 13.5. The molecule has 0 aliphatic carbocycles. The van der Waals surface area contributed by atoms with E-state index in [1.807, 2.05) is 37.3 Å². The number of hydrogen-bond donors (Lipinski definition) is 1. The van der Waals surface area contributed by atoms with Crippen LogP contribution in [-0.2, 0) is 4.79 Å². The summed E-state index contributed by atoms with van der Waals surface area (Å²) in [7, 11) is 0. The van der Waals surface area contributed by atoms with Gasteiger partial charge in [-0.1, -0.05) is 25.1 Å². The van der Waals surface area contributed by atoms with Crippen LogP contribution in [-0.4, -0.2) is 50.9 Å². The summed E-state index contributed by atoms with van der Waals surface area (Å²) in [6, 6.07) is 9.52. The lowest BCUT2D eigenvalue weighted by Crippen LogP contribution is -2.44. The number of aliphatic carboxylic acids is 1. The molecule has 1 unspecified atom stereocenters. The van der Waals surface area contributed by atoms with E-state index in [1.165, 1.54) is 0 Å². The highest BCUT2D eigenvalue weighted by Crippen LogP contribution is 2.27. The molecule has 1 aromatic heterocycles. The van der Waals surface area contributed by atoms with E-state index in [-0.39, 0.29) is 18.4 Å². The molecule has 1 saturated heterocycles. The Bertz CT molecular complexity index is 803. The van der Waals surface area contributed by atoms with Crippen LogP contribution in [0.1, 0.15) is 55.9 Å². The number of nitrogens with zero attached hydrogens (tertiary/aromatic N) is 3. The third-order valence-electron chi connectivity index (χ3n) is 4.95. The third-order valence-corrected chi connectivity index (χ3v) is 4.95. The number of ether oxygens (including phenoxy) is 1. The Morgan fingerprint density at radius 1 is 1.25 bits per heavy atom. The van der Waals surface area contributed by atoms with Gasteiger partial charge in [-0.2, -0.15) is 5.10 Å². The van der Waals surface area contributed by atoms with Gasteiger partial charge < -0.3 is 14.7 Å². The number of amides is 1. The molecule has 0 bridgehead atoms. The number of aromatic nitrogens is 2. The van der Waals surface area contributed by atoms with Gasteiger partial charge in [0.1, 0.15) is 0 Å². The van der Waals surface area contributed by atoms with Crippen molar-refractivity contribution in [2.75, 3.05) is 13.2 Å². The summed E-state index contributed by atoms with van der Waals surface area (Å²) in [6.45, 7) is 3.13. The van der Waals surface area contributed by atoms with Gasteiger partial charge in [0, 0.05) is 19.0 Å². The fourth-order valence-corrected chi connectivity index (χ4v) is 3.53. The molecule has 0 saturated carbocycles. The van der Waals surface area contributed by atoms with Crippen LogP contribution in [0.2, 0.25) is 0 Å². The minimum absolute atomic E-state index is 0.0616. The minimum Gasteiger partial charge on any atom is -0.489 e. The minimum atomic E-state index is -0.835. The van der Waals surface area contributed by atoms with Gasteiger partial charge in [0.25, 0.3) is 5.91 Å². The van der Waals surface area contributed by atoms with E-state index in [2.05, 4.69) is 5.10 Å². The topological polar surface area (TPSA) is 84.7 Å². The van der Waals surface area contributed by atoms with Crippen molar-refractivity contribution < 1.29 is 19.4 Å². The number of likely N-dealkylation sites (tertiary alicyclic amines) is 1. The van der Waals surface area contributed by atoms with E-state index < -0.39 is 5.97 Å². The smallest absolute Gasteiger partial charge is 0.303 e. The molecule has 1 amide bonds. The molecule has 2 aromatic rings. The molecule has 0 spiro atoms. The molecule has 7 heteroatoms. The molecule has 7 nitrogen and oxygen atoms in total. The Balaban J connectivity index is 1.87. The predicted octanol–water partition coefficient (Wildman–Crippen LogP) is 3.52. The van der Waals surface area contributed by atoms with E-state index in [4.69, 9.17) is 9.84 Å². The first kappa shape index (κ1) is 19.9. The summed E-state index contributed by atoms with van der Waals surface area (Å²) in [6.07, 6.45) is 5.84. The lowest BCUT2D eigenvalue weighted by atomic mass is 9.97. The van der Waals surface area contributed by atoms with E-state index in [1.54, 1.807) is 15.8 Å². The Morgan fingerprint density at radius 3 is 2.75 bits per heavy atom. The summed E-state index contributed by atoms with van der Waals surface area (Å²) in [4.78, 5) is 26.1. The van der Waals surface area contributed by atoms with Crippen molar-refractivity contribution >= 4 is 11.9 Å². The molecule has 28 heavy (non-hydrogen) atoms.